The number of rotatable bonds is 6. The monoisotopic (exact) mass is 274 g/mol. The third-order valence-electron chi connectivity index (χ3n) is 3.61. The lowest BCUT2D eigenvalue weighted by Crippen LogP contribution is -2.40. The number of benzene rings is 1. The Morgan fingerprint density at radius 1 is 1.55 bits per heavy atom. The first-order valence-electron chi connectivity index (χ1n) is 6.64. The van der Waals surface area contributed by atoms with Crippen LogP contribution in [-0.2, 0) is 4.79 Å². The van der Waals surface area contributed by atoms with Gasteiger partial charge in [-0.2, -0.15) is 5.26 Å². The summed E-state index contributed by atoms with van der Waals surface area (Å²) in [5, 5.41) is 20.9. The Kier molecular flexibility index (Phi) is 4.26. The van der Waals surface area contributed by atoms with Crippen LogP contribution in [0.1, 0.15) is 25.3 Å². The van der Waals surface area contributed by atoms with Gasteiger partial charge in [0, 0.05) is 12.0 Å². The largest absolute Gasteiger partial charge is 0.480 e. The Labute approximate surface area is 118 Å². The molecule has 2 rings (SSSR count). The third-order valence-corrected chi connectivity index (χ3v) is 3.61. The number of aliphatic hydroxyl groups is 1. The van der Waals surface area contributed by atoms with Crippen molar-refractivity contribution in [1.29, 1.82) is 5.26 Å². The number of amides is 1. The van der Waals surface area contributed by atoms with E-state index in [1.54, 1.807) is 31.2 Å². The fourth-order valence-electron chi connectivity index (χ4n) is 1.89. The van der Waals surface area contributed by atoms with Crippen LogP contribution in [0, 0.1) is 16.7 Å². The molecule has 5 nitrogen and oxygen atoms in total. The molecule has 1 aromatic carbocycles. The molecule has 20 heavy (non-hydrogen) atoms. The van der Waals surface area contributed by atoms with E-state index in [1.165, 1.54) is 0 Å². The summed E-state index contributed by atoms with van der Waals surface area (Å²) in [7, 11) is 0. The van der Waals surface area contributed by atoms with Crippen LogP contribution in [0.5, 0.6) is 5.75 Å². The average Bonchev–Trinajstić information content (AvgIpc) is 3.26. The zero-order chi connectivity index (χ0) is 14.6. The van der Waals surface area contributed by atoms with Gasteiger partial charge >= 0.3 is 0 Å². The van der Waals surface area contributed by atoms with Gasteiger partial charge in [-0.3, -0.25) is 4.79 Å². The molecule has 0 heterocycles. The number of carbonyl (C=O) groups is 1. The zero-order valence-electron chi connectivity index (χ0n) is 11.4. The van der Waals surface area contributed by atoms with Gasteiger partial charge in [0.2, 0.25) is 0 Å². The molecule has 1 atom stereocenters. The molecule has 1 aliphatic rings. The molecule has 0 spiro atoms. The second kappa shape index (κ2) is 5.93. The number of ether oxygens (including phenoxy) is 1. The minimum absolute atomic E-state index is 0.0970. The topological polar surface area (TPSA) is 82.3 Å². The van der Waals surface area contributed by atoms with Crippen LogP contribution in [0.25, 0.3) is 0 Å². The highest BCUT2D eigenvalue weighted by Gasteiger charge is 2.42. The summed E-state index contributed by atoms with van der Waals surface area (Å²) in [5.41, 5.74) is 0.279. The second-order valence-corrected chi connectivity index (χ2v) is 5.24. The van der Waals surface area contributed by atoms with Crippen molar-refractivity contribution in [1.82, 2.24) is 5.32 Å². The summed E-state index contributed by atoms with van der Waals surface area (Å²) in [6.45, 7) is 2.21. The minimum Gasteiger partial charge on any atom is -0.480 e. The van der Waals surface area contributed by atoms with E-state index in [0.717, 1.165) is 12.8 Å². The lowest BCUT2D eigenvalue weighted by Gasteiger charge is -2.18. The van der Waals surface area contributed by atoms with Crippen molar-refractivity contribution in [2.24, 2.45) is 5.41 Å². The molecule has 1 aromatic rings. The molecule has 1 amide bonds. The molecule has 1 aliphatic carbocycles. The smallest absolute Gasteiger partial charge is 0.260 e. The van der Waals surface area contributed by atoms with Crippen molar-refractivity contribution >= 4 is 5.91 Å². The maximum atomic E-state index is 11.9. The molecular weight excluding hydrogens is 256 g/mol. The number of nitriles is 1. The molecule has 1 saturated carbocycles. The highest BCUT2D eigenvalue weighted by molar-refractivity contribution is 5.80. The SMILES string of the molecule is CC(Oc1ccccc1C#N)C(=O)NCC1(CO)CC1. The summed E-state index contributed by atoms with van der Waals surface area (Å²) < 4.78 is 5.52. The number of nitrogens with zero attached hydrogens (tertiary/aromatic N) is 1. The standard InChI is InChI=1S/C15H18N2O3/c1-11(14(19)17-9-15(10-18)6-7-15)20-13-5-3-2-4-12(13)8-16/h2-5,11,18H,6-7,9-10H2,1H3,(H,17,19). The van der Waals surface area contributed by atoms with Crippen molar-refractivity contribution in [3.8, 4) is 11.8 Å². The lowest BCUT2D eigenvalue weighted by molar-refractivity contribution is -0.127. The van der Waals surface area contributed by atoms with E-state index in [9.17, 15) is 9.90 Å². The van der Waals surface area contributed by atoms with Gasteiger partial charge in [0.05, 0.1) is 12.2 Å². The van der Waals surface area contributed by atoms with E-state index in [1.807, 2.05) is 6.07 Å². The second-order valence-electron chi connectivity index (χ2n) is 5.24. The number of hydrogen-bond donors (Lipinski definition) is 2. The molecule has 0 saturated heterocycles. The molecule has 0 aliphatic heterocycles. The summed E-state index contributed by atoms with van der Waals surface area (Å²) in [6.07, 6.45) is 1.20. The Bertz CT molecular complexity index is 532. The molecule has 1 unspecified atom stereocenters. The summed E-state index contributed by atoms with van der Waals surface area (Å²) >= 11 is 0. The van der Waals surface area contributed by atoms with Gasteiger partial charge in [0.15, 0.2) is 6.10 Å². The van der Waals surface area contributed by atoms with E-state index < -0.39 is 6.10 Å². The Hall–Kier alpha value is -2.06. The number of aliphatic hydroxyl groups excluding tert-OH is 1. The fourth-order valence-corrected chi connectivity index (χ4v) is 1.89. The van der Waals surface area contributed by atoms with Crippen LogP contribution < -0.4 is 10.1 Å². The maximum Gasteiger partial charge on any atom is 0.260 e. The molecule has 1 fully saturated rings. The lowest BCUT2D eigenvalue weighted by atomic mass is 10.1. The molecule has 0 aromatic heterocycles. The molecule has 0 bridgehead atoms. The number of carbonyl (C=O) groups excluding carboxylic acids is 1. The maximum absolute atomic E-state index is 11.9. The first-order valence-corrected chi connectivity index (χ1v) is 6.64. The van der Waals surface area contributed by atoms with Crippen LogP contribution in [0.4, 0.5) is 0 Å². The zero-order valence-corrected chi connectivity index (χ0v) is 11.4. The van der Waals surface area contributed by atoms with Crippen molar-refractivity contribution in [2.45, 2.75) is 25.9 Å². The third kappa shape index (κ3) is 3.28. The van der Waals surface area contributed by atoms with E-state index >= 15 is 0 Å². The fraction of sp³-hybridized carbons (Fsp3) is 0.467. The van der Waals surface area contributed by atoms with Gasteiger partial charge in [-0.25, -0.2) is 0 Å². The minimum atomic E-state index is -0.681. The Morgan fingerprint density at radius 2 is 2.25 bits per heavy atom. The molecule has 106 valence electrons. The number of hydrogen-bond acceptors (Lipinski definition) is 4. The van der Waals surface area contributed by atoms with Crippen LogP contribution in [0.2, 0.25) is 0 Å². The normalized spacial score (nSPS) is 16.9. The Balaban J connectivity index is 1.89. The van der Waals surface area contributed by atoms with E-state index in [4.69, 9.17) is 10.00 Å². The van der Waals surface area contributed by atoms with Crippen LogP contribution in [-0.4, -0.2) is 30.3 Å². The van der Waals surface area contributed by atoms with Crippen LogP contribution in [0.3, 0.4) is 0 Å². The number of para-hydroxylation sites is 1. The average molecular weight is 274 g/mol. The van der Waals surface area contributed by atoms with Crippen molar-refractivity contribution in [3.63, 3.8) is 0 Å². The summed E-state index contributed by atoms with van der Waals surface area (Å²) in [6, 6.07) is 8.83. The van der Waals surface area contributed by atoms with Gasteiger partial charge in [0.1, 0.15) is 11.8 Å². The van der Waals surface area contributed by atoms with Gasteiger partial charge in [-0.05, 0) is 31.9 Å². The highest BCUT2D eigenvalue weighted by atomic mass is 16.5. The molecule has 2 N–H and O–H groups in total. The van der Waals surface area contributed by atoms with Gasteiger partial charge < -0.3 is 15.2 Å². The Morgan fingerprint density at radius 3 is 2.85 bits per heavy atom. The van der Waals surface area contributed by atoms with Gasteiger partial charge in [0.25, 0.3) is 5.91 Å². The summed E-state index contributed by atoms with van der Waals surface area (Å²) in [4.78, 5) is 11.9. The van der Waals surface area contributed by atoms with E-state index in [2.05, 4.69) is 5.32 Å². The molecule has 5 heteroatoms. The van der Waals surface area contributed by atoms with E-state index in [-0.39, 0.29) is 17.9 Å². The first-order chi connectivity index (χ1) is 9.60. The van der Waals surface area contributed by atoms with E-state index in [0.29, 0.717) is 17.9 Å². The first kappa shape index (κ1) is 14.4. The van der Waals surface area contributed by atoms with Crippen molar-refractivity contribution in [2.75, 3.05) is 13.2 Å². The van der Waals surface area contributed by atoms with Crippen molar-refractivity contribution in [3.05, 3.63) is 29.8 Å². The van der Waals surface area contributed by atoms with Gasteiger partial charge in [-0.1, -0.05) is 12.1 Å². The van der Waals surface area contributed by atoms with Crippen LogP contribution in [0.15, 0.2) is 24.3 Å². The van der Waals surface area contributed by atoms with Crippen molar-refractivity contribution < 1.29 is 14.6 Å². The number of nitrogens with one attached hydrogen (secondary N) is 1. The summed E-state index contributed by atoms with van der Waals surface area (Å²) in [5.74, 6) is 0.165. The predicted octanol–water partition coefficient (Wildman–Crippen LogP) is 1.21. The highest BCUT2D eigenvalue weighted by Crippen LogP contribution is 2.44. The van der Waals surface area contributed by atoms with Crippen LogP contribution >= 0.6 is 0 Å². The predicted molar refractivity (Wildman–Crippen MR) is 73.0 cm³/mol. The quantitative estimate of drug-likeness (QED) is 0.817. The molecule has 0 radical (unpaired) electrons. The van der Waals surface area contributed by atoms with Gasteiger partial charge in [-0.15, -0.1) is 0 Å². The molecular formula is C15H18N2O3.